The molecule has 1 amide bonds. The van der Waals surface area contributed by atoms with Gasteiger partial charge in [-0.1, -0.05) is 0 Å². The smallest absolute Gasteiger partial charge is 0.265 e. The van der Waals surface area contributed by atoms with Gasteiger partial charge in [-0.05, 0) is 0 Å². The van der Waals surface area contributed by atoms with E-state index in [1.165, 1.54) is 11.3 Å². The summed E-state index contributed by atoms with van der Waals surface area (Å²) in [6.45, 7) is 2.62. The van der Waals surface area contributed by atoms with E-state index in [0.29, 0.717) is 31.2 Å². The molecule has 0 unspecified atom stereocenters. The molecule has 0 aromatic carbocycles. The fraction of sp³-hybridized carbons (Fsp3) is 0.500. The van der Waals surface area contributed by atoms with Gasteiger partial charge >= 0.3 is 0 Å². The molecule has 5 heteroatoms. The van der Waals surface area contributed by atoms with E-state index in [1.807, 2.05) is 0 Å². The second-order valence-electron chi connectivity index (χ2n) is 2.72. The zero-order valence-electron chi connectivity index (χ0n) is 7.02. The molecule has 13 heavy (non-hydrogen) atoms. The number of amides is 1. The number of rotatable bonds is 1. The van der Waals surface area contributed by atoms with Gasteiger partial charge in [-0.15, -0.1) is 11.3 Å². The van der Waals surface area contributed by atoms with Crippen molar-refractivity contribution in [2.24, 2.45) is 0 Å². The molecule has 1 saturated heterocycles. The molecular formula is C8H9N2O2S. The number of hydrogen-bond acceptors (Lipinski definition) is 4. The number of carbonyl (C=O) groups excluding carboxylic acids is 1. The first kappa shape index (κ1) is 8.65. The molecule has 0 saturated carbocycles. The highest BCUT2D eigenvalue weighted by molar-refractivity contribution is 7.11. The molecular weight excluding hydrogens is 188 g/mol. The molecule has 1 aromatic rings. The molecule has 1 aliphatic rings. The Morgan fingerprint density at radius 3 is 3.00 bits per heavy atom. The molecule has 0 spiro atoms. The molecule has 1 fully saturated rings. The van der Waals surface area contributed by atoms with Crippen molar-refractivity contribution in [3.8, 4) is 0 Å². The molecule has 2 heterocycles. The van der Waals surface area contributed by atoms with Crippen LogP contribution >= 0.6 is 11.3 Å². The highest BCUT2D eigenvalue weighted by Crippen LogP contribution is 2.10. The van der Waals surface area contributed by atoms with E-state index in [1.54, 1.807) is 11.1 Å². The summed E-state index contributed by atoms with van der Waals surface area (Å²) in [5.74, 6) is 0.0436. The van der Waals surface area contributed by atoms with E-state index >= 15 is 0 Å². The lowest BCUT2D eigenvalue weighted by molar-refractivity contribution is 0.0306. The number of thiazole rings is 1. The summed E-state index contributed by atoms with van der Waals surface area (Å²) in [5.41, 5.74) is 2.66. The lowest BCUT2D eigenvalue weighted by Gasteiger charge is -2.26. The highest BCUT2D eigenvalue weighted by atomic mass is 32.1. The van der Waals surface area contributed by atoms with Gasteiger partial charge < -0.3 is 9.64 Å². The van der Waals surface area contributed by atoms with Crippen molar-refractivity contribution in [1.29, 1.82) is 0 Å². The van der Waals surface area contributed by atoms with Crippen LogP contribution in [0.25, 0.3) is 0 Å². The van der Waals surface area contributed by atoms with Crippen molar-refractivity contribution in [2.45, 2.75) is 0 Å². The highest BCUT2D eigenvalue weighted by Gasteiger charge is 2.19. The average Bonchev–Trinajstić information content (AvgIpc) is 2.71. The van der Waals surface area contributed by atoms with Gasteiger partial charge in [0.25, 0.3) is 5.91 Å². The fourth-order valence-corrected chi connectivity index (χ4v) is 1.73. The van der Waals surface area contributed by atoms with Crippen LogP contribution in [-0.4, -0.2) is 42.1 Å². The van der Waals surface area contributed by atoms with E-state index in [0.717, 1.165) is 0 Å². The summed E-state index contributed by atoms with van der Waals surface area (Å²) in [7, 11) is 0. The second-order valence-corrected chi connectivity index (χ2v) is 3.55. The van der Waals surface area contributed by atoms with Crippen LogP contribution < -0.4 is 0 Å². The van der Waals surface area contributed by atoms with Crippen molar-refractivity contribution in [3.63, 3.8) is 0 Å². The Labute approximate surface area is 80.1 Å². The van der Waals surface area contributed by atoms with Crippen LogP contribution in [0.4, 0.5) is 0 Å². The molecule has 4 nitrogen and oxygen atoms in total. The monoisotopic (exact) mass is 197 g/mol. The maximum Gasteiger partial charge on any atom is 0.265 e. The fourth-order valence-electron chi connectivity index (χ4n) is 1.21. The van der Waals surface area contributed by atoms with Gasteiger partial charge in [-0.3, -0.25) is 4.79 Å². The number of aromatic nitrogens is 1. The minimum Gasteiger partial charge on any atom is -0.378 e. The minimum atomic E-state index is 0.0436. The molecule has 0 bridgehead atoms. The third-order valence-electron chi connectivity index (χ3n) is 1.90. The summed E-state index contributed by atoms with van der Waals surface area (Å²) < 4.78 is 5.15. The summed E-state index contributed by atoms with van der Waals surface area (Å²) >= 11 is 1.26. The topological polar surface area (TPSA) is 42.4 Å². The first-order chi connectivity index (χ1) is 6.38. The normalized spacial score (nSPS) is 17.4. The van der Waals surface area contributed by atoms with Crippen LogP contribution in [0.2, 0.25) is 0 Å². The van der Waals surface area contributed by atoms with Gasteiger partial charge in [-0.25, -0.2) is 4.98 Å². The molecule has 2 rings (SSSR count). The molecule has 1 radical (unpaired) electrons. The van der Waals surface area contributed by atoms with E-state index in [9.17, 15) is 4.79 Å². The van der Waals surface area contributed by atoms with E-state index in [2.05, 4.69) is 10.5 Å². The quantitative estimate of drug-likeness (QED) is 0.655. The maximum absolute atomic E-state index is 11.7. The Balaban J connectivity index is 2.04. The number of morpholine rings is 1. The van der Waals surface area contributed by atoms with E-state index in [-0.39, 0.29) is 5.91 Å². The average molecular weight is 197 g/mol. The summed E-state index contributed by atoms with van der Waals surface area (Å²) in [6, 6.07) is 0. The van der Waals surface area contributed by atoms with Gasteiger partial charge in [0.2, 0.25) is 0 Å². The molecule has 0 atom stereocenters. The SMILES string of the molecule is O=C(c1cn[c]s1)N1CCOCC1. The standard InChI is InChI=1S/C8H9N2O2S/c11-8(7-5-9-6-13-7)10-1-3-12-4-2-10/h5H,1-4H2. The molecule has 1 aromatic heterocycles. The van der Waals surface area contributed by atoms with Crippen LogP contribution in [0.1, 0.15) is 9.67 Å². The van der Waals surface area contributed by atoms with Gasteiger partial charge in [-0.2, -0.15) is 0 Å². The number of ether oxygens (including phenoxy) is 1. The van der Waals surface area contributed by atoms with Crippen molar-refractivity contribution in [3.05, 3.63) is 16.6 Å². The minimum absolute atomic E-state index is 0.0436. The Kier molecular flexibility index (Phi) is 2.56. The largest absolute Gasteiger partial charge is 0.378 e. The Hall–Kier alpha value is -0.940. The number of hydrogen-bond donors (Lipinski definition) is 0. The Morgan fingerprint density at radius 2 is 2.38 bits per heavy atom. The van der Waals surface area contributed by atoms with E-state index < -0.39 is 0 Å². The first-order valence-corrected chi connectivity index (χ1v) is 4.88. The second kappa shape index (κ2) is 3.85. The molecule has 69 valence electrons. The van der Waals surface area contributed by atoms with Crippen LogP contribution in [0.15, 0.2) is 6.20 Å². The van der Waals surface area contributed by atoms with Gasteiger partial charge in [0.05, 0.1) is 19.4 Å². The van der Waals surface area contributed by atoms with Crippen LogP contribution in [0.3, 0.4) is 0 Å². The zero-order chi connectivity index (χ0) is 9.10. The number of carbonyl (C=O) groups is 1. The van der Waals surface area contributed by atoms with Gasteiger partial charge in [0, 0.05) is 13.1 Å². The summed E-state index contributed by atoms with van der Waals surface area (Å²) in [5, 5.41) is 0. The molecule has 0 aliphatic carbocycles. The van der Waals surface area contributed by atoms with Crippen molar-refractivity contribution < 1.29 is 9.53 Å². The van der Waals surface area contributed by atoms with Gasteiger partial charge in [0.15, 0.2) is 5.51 Å². The van der Waals surface area contributed by atoms with Crippen molar-refractivity contribution >= 4 is 17.2 Å². The molecule has 1 aliphatic heterocycles. The third-order valence-corrected chi connectivity index (χ3v) is 2.60. The predicted octanol–water partition coefficient (Wildman–Crippen LogP) is 0.416. The van der Waals surface area contributed by atoms with Crippen molar-refractivity contribution in [1.82, 2.24) is 9.88 Å². The zero-order valence-corrected chi connectivity index (χ0v) is 7.84. The molecule has 0 N–H and O–H groups in total. The summed E-state index contributed by atoms with van der Waals surface area (Å²) in [6.07, 6.45) is 1.56. The van der Waals surface area contributed by atoms with Crippen LogP contribution in [0, 0.1) is 5.51 Å². The third kappa shape index (κ3) is 1.87. The first-order valence-electron chi connectivity index (χ1n) is 4.07. The Morgan fingerprint density at radius 1 is 1.62 bits per heavy atom. The van der Waals surface area contributed by atoms with Crippen LogP contribution in [-0.2, 0) is 4.74 Å². The van der Waals surface area contributed by atoms with Crippen molar-refractivity contribution in [2.75, 3.05) is 26.3 Å². The van der Waals surface area contributed by atoms with Crippen LogP contribution in [0.5, 0.6) is 0 Å². The lowest BCUT2D eigenvalue weighted by atomic mass is 10.4. The number of nitrogens with zero attached hydrogens (tertiary/aromatic N) is 2. The van der Waals surface area contributed by atoms with E-state index in [4.69, 9.17) is 4.74 Å². The predicted molar refractivity (Wildman–Crippen MR) is 47.7 cm³/mol. The Bertz CT molecular complexity index is 280. The summed E-state index contributed by atoms with van der Waals surface area (Å²) in [4.78, 5) is 17.9. The maximum atomic E-state index is 11.7. The van der Waals surface area contributed by atoms with Gasteiger partial charge in [0.1, 0.15) is 4.88 Å². The lowest BCUT2D eigenvalue weighted by Crippen LogP contribution is -2.40.